The quantitative estimate of drug-likeness (QED) is 0.135. The van der Waals surface area contributed by atoms with Crippen LogP contribution in [0.1, 0.15) is 22.3 Å². The van der Waals surface area contributed by atoms with Gasteiger partial charge in [0.15, 0.2) is 0 Å². The lowest BCUT2D eigenvalue weighted by Gasteiger charge is -2.18. The molecule has 5 nitrogen and oxygen atoms in total. The molecule has 93 heavy (non-hydrogen) atoms. The summed E-state index contributed by atoms with van der Waals surface area (Å²) in [5.74, 6) is 0. The Morgan fingerprint density at radius 2 is 0.516 bits per heavy atom. The predicted molar refractivity (Wildman–Crippen MR) is 362 cm³/mol. The van der Waals surface area contributed by atoms with Crippen LogP contribution in [0.2, 0.25) is 0 Å². The van der Waals surface area contributed by atoms with Gasteiger partial charge in [-0.2, -0.15) is 36.9 Å². The van der Waals surface area contributed by atoms with Gasteiger partial charge in [-0.05, 0) is 189 Å². The van der Waals surface area contributed by atoms with Crippen molar-refractivity contribution in [1.29, 1.82) is 10.5 Å². The largest absolute Gasteiger partial charge is 0.416 e. The van der Waals surface area contributed by atoms with E-state index in [0.717, 1.165) is 124 Å². The third-order valence-electron chi connectivity index (χ3n) is 17.9. The number of nitriles is 2. The third-order valence-corrected chi connectivity index (χ3v) is 17.9. The number of hydrogen-bond donors (Lipinski definition) is 0. The third kappa shape index (κ3) is 9.65. The maximum absolute atomic E-state index is 14.1. The summed E-state index contributed by atoms with van der Waals surface area (Å²) in [6.07, 6.45) is -9.47. The van der Waals surface area contributed by atoms with Crippen molar-refractivity contribution in [3.05, 3.63) is 307 Å². The molecule has 0 spiro atoms. The lowest BCUT2D eigenvalue weighted by Crippen LogP contribution is -2.04. The van der Waals surface area contributed by atoms with Gasteiger partial charge < -0.3 is 13.7 Å². The van der Waals surface area contributed by atoms with Crippen molar-refractivity contribution in [2.75, 3.05) is 0 Å². The summed E-state index contributed by atoms with van der Waals surface area (Å²) in [5.41, 5.74) is 15.5. The zero-order valence-electron chi connectivity index (χ0n) is 49.1. The second kappa shape index (κ2) is 21.8. The zero-order chi connectivity index (χ0) is 63.3. The minimum Gasteiger partial charge on any atom is -0.309 e. The molecular weight excluding hydrogens is 1170 g/mol. The molecule has 16 rings (SSSR count). The van der Waals surface area contributed by atoms with E-state index in [9.17, 15) is 36.9 Å². The highest BCUT2D eigenvalue weighted by Gasteiger charge is 2.34. The lowest BCUT2D eigenvalue weighted by molar-refractivity contribution is -0.138. The summed E-state index contributed by atoms with van der Waals surface area (Å²) >= 11 is 0. The van der Waals surface area contributed by atoms with Crippen molar-refractivity contribution in [2.24, 2.45) is 0 Å². The molecule has 3 aromatic heterocycles. The van der Waals surface area contributed by atoms with Crippen LogP contribution in [0.25, 0.3) is 149 Å². The second-order valence-corrected chi connectivity index (χ2v) is 23.3. The van der Waals surface area contributed by atoms with E-state index in [1.807, 2.05) is 72.8 Å². The zero-order valence-corrected chi connectivity index (χ0v) is 49.1. The van der Waals surface area contributed by atoms with Crippen molar-refractivity contribution >= 4 is 65.4 Å². The van der Waals surface area contributed by atoms with Gasteiger partial charge in [-0.15, -0.1) is 0 Å². The van der Waals surface area contributed by atoms with E-state index in [-0.39, 0.29) is 32.9 Å². The molecule has 0 amide bonds. The Bertz CT molecular complexity index is 5250. The second-order valence-electron chi connectivity index (χ2n) is 23.3. The minimum absolute atomic E-state index is 0.00947. The number of fused-ring (bicyclic) bond motifs is 9. The molecule has 442 valence electrons. The van der Waals surface area contributed by atoms with E-state index in [1.165, 1.54) is 12.1 Å². The summed E-state index contributed by atoms with van der Waals surface area (Å²) in [7, 11) is 0. The molecule has 0 N–H and O–H groups in total. The molecule has 3 heterocycles. The monoisotopic (exact) mass is 1220 g/mol. The number of halogens is 6. The topological polar surface area (TPSA) is 62.4 Å². The van der Waals surface area contributed by atoms with Crippen LogP contribution >= 0.6 is 0 Å². The Balaban J connectivity index is 0.912. The minimum atomic E-state index is -4.74. The van der Waals surface area contributed by atoms with E-state index in [2.05, 4.69) is 161 Å². The van der Waals surface area contributed by atoms with Gasteiger partial charge in [0.1, 0.15) is 0 Å². The number of nitrogens with zero attached hydrogens (tertiary/aromatic N) is 5. The summed E-state index contributed by atoms with van der Waals surface area (Å²) in [4.78, 5) is 0. The molecule has 11 heteroatoms. The van der Waals surface area contributed by atoms with Crippen LogP contribution in [0.15, 0.2) is 285 Å². The standard InChI is InChI=1S/C82H47F6N5/c83-81(84,85)63-27-35-78-72(45-63)73-46-64(82(86,87)88)28-36-79(73)91(78)65-29-21-54(22-30-65)59-37-61(48-89)80(62(38-59)49-90)60-39-66(92-74-31-23-55(50-13-5-1-6-14-50)41-68(74)69-42-56(24-32-75(69)92)51-15-7-2-8-16-51)47-67(40-60)93-76-33-25-57(52-17-9-3-10-18-52)43-70(76)71-44-58(26-34-77(71)93)53-19-11-4-12-20-53/h1-47H. The van der Waals surface area contributed by atoms with Crippen molar-refractivity contribution in [3.63, 3.8) is 0 Å². The number of benzene rings is 13. The normalized spacial score (nSPS) is 12.0. The molecule has 0 aliphatic carbocycles. The highest BCUT2D eigenvalue weighted by Crippen LogP contribution is 2.45. The van der Waals surface area contributed by atoms with Crippen LogP contribution in [0, 0.1) is 22.7 Å². The molecular formula is C82H47F6N5. The molecule has 0 saturated heterocycles. The molecule has 0 atom stereocenters. The lowest BCUT2D eigenvalue weighted by atomic mass is 9.90. The first kappa shape index (κ1) is 56.1. The average Bonchev–Trinajstić information content (AvgIpc) is 1.69. The molecule has 0 radical (unpaired) electrons. The van der Waals surface area contributed by atoms with E-state index in [1.54, 1.807) is 41.0 Å². The number of aromatic nitrogens is 3. The van der Waals surface area contributed by atoms with Crippen LogP contribution in [0.5, 0.6) is 0 Å². The van der Waals surface area contributed by atoms with Crippen LogP contribution < -0.4 is 0 Å². The van der Waals surface area contributed by atoms with Crippen LogP contribution in [-0.2, 0) is 12.4 Å². The Morgan fingerprint density at radius 3 is 0.828 bits per heavy atom. The van der Waals surface area contributed by atoms with Gasteiger partial charge in [-0.3, -0.25) is 0 Å². The van der Waals surface area contributed by atoms with Gasteiger partial charge in [-0.1, -0.05) is 158 Å². The molecule has 13 aromatic carbocycles. The molecule has 0 saturated carbocycles. The van der Waals surface area contributed by atoms with Gasteiger partial charge in [0.25, 0.3) is 0 Å². The molecule has 0 unspecified atom stereocenters. The molecule has 0 bridgehead atoms. The van der Waals surface area contributed by atoms with Crippen molar-refractivity contribution in [1.82, 2.24) is 13.7 Å². The average molecular weight is 1220 g/mol. The summed E-state index contributed by atoms with van der Waals surface area (Å²) < 4.78 is 90.8. The highest BCUT2D eigenvalue weighted by molar-refractivity contribution is 6.14. The predicted octanol–water partition coefficient (Wildman–Crippen LogP) is 22.8. The Morgan fingerprint density at radius 1 is 0.237 bits per heavy atom. The van der Waals surface area contributed by atoms with Gasteiger partial charge in [0.05, 0.1) is 67.5 Å². The van der Waals surface area contributed by atoms with Gasteiger partial charge in [0.2, 0.25) is 0 Å². The maximum atomic E-state index is 14.1. The number of rotatable bonds is 9. The van der Waals surface area contributed by atoms with Crippen LogP contribution in [0.4, 0.5) is 26.3 Å². The van der Waals surface area contributed by atoms with Crippen LogP contribution in [-0.4, -0.2) is 13.7 Å². The van der Waals surface area contributed by atoms with Gasteiger partial charge in [0, 0.05) is 54.9 Å². The van der Waals surface area contributed by atoms with E-state index in [0.29, 0.717) is 27.9 Å². The van der Waals surface area contributed by atoms with Crippen LogP contribution in [0.3, 0.4) is 0 Å². The van der Waals surface area contributed by atoms with Gasteiger partial charge in [-0.25, -0.2) is 0 Å². The fourth-order valence-corrected chi connectivity index (χ4v) is 13.6. The molecule has 0 fully saturated rings. The molecule has 0 aliphatic rings. The van der Waals surface area contributed by atoms with Crippen molar-refractivity contribution in [2.45, 2.75) is 12.4 Å². The summed E-state index contributed by atoms with van der Waals surface area (Å²) in [6.45, 7) is 0. The first-order valence-electron chi connectivity index (χ1n) is 30.1. The summed E-state index contributed by atoms with van der Waals surface area (Å²) in [6, 6.07) is 95.3. The van der Waals surface area contributed by atoms with Crippen molar-refractivity contribution in [3.8, 4) is 96.0 Å². The smallest absolute Gasteiger partial charge is 0.309 e. The fraction of sp³-hybridized carbons (Fsp3) is 0.0244. The summed E-state index contributed by atoms with van der Waals surface area (Å²) in [5, 5.41) is 27.0. The Kier molecular flexibility index (Phi) is 13.1. The van der Waals surface area contributed by atoms with E-state index in [4.69, 9.17) is 0 Å². The fourth-order valence-electron chi connectivity index (χ4n) is 13.6. The maximum Gasteiger partial charge on any atom is 0.416 e. The van der Waals surface area contributed by atoms with Crippen molar-refractivity contribution < 1.29 is 26.3 Å². The SMILES string of the molecule is N#Cc1cc(-c2ccc(-n3c4ccc(C(F)(F)F)cc4c4cc(C(F)(F)F)ccc43)cc2)cc(C#N)c1-c1cc(-n2c3ccc(-c4ccccc4)cc3c3cc(-c4ccccc4)ccc32)cc(-n2c3ccc(-c4ccccc4)cc3c3cc(-c4ccccc4)ccc32)c1. The van der Waals surface area contributed by atoms with E-state index < -0.39 is 23.5 Å². The number of alkyl halides is 6. The highest BCUT2D eigenvalue weighted by atomic mass is 19.4. The van der Waals surface area contributed by atoms with Gasteiger partial charge >= 0.3 is 12.4 Å². The Hall–Kier alpha value is -12.2. The first-order chi connectivity index (χ1) is 45.3. The molecule has 0 aliphatic heterocycles. The Labute approximate surface area is 529 Å². The first-order valence-corrected chi connectivity index (χ1v) is 30.1. The number of hydrogen-bond acceptors (Lipinski definition) is 2. The molecule has 16 aromatic rings. The van der Waals surface area contributed by atoms with E-state index >= 15 is 0 Å².